The van der Waals surface area contributed by atoms with Crippen LogP contribution in [0.2, 0.25) is 0 Å². The van der Waals surface area contributed by atoms with Gasteiger partial charge in [-0.05, 0) is 50.8 Å². The highest BCUT2D eigenvalue weighted by atomic mass is 16.2. The minimum absolute atomic E-state index is 0.301. The maximum atomic E-state index is 13.4. The van der Waals surface area contributed by atoms with E-state index in [0.29, 0.717) is 11.9 Å². The normalized spacial score (nSPS) is 21.0. The molecule has 1 aliphatic carbocycles. The number of amides is 1. The van der Waals surface area contributed by atoms with Gasteiger partial charge >= 0.3 is 0 Å². The molecule has 0 unspecified atom stereocenters. The molecule has 1 aromatic rings. The van der Waals surface area contributed by atoms with Crippen LogP contribution in [0.5, 0.6) is 0 Å². The lowest BCUT2D eigenvalue weighted by molar-refractivity contribution is -0.139. The molecule has 1 aromatic carbocycles. The van der Waals surface area contributed by atoms with Gasteiger partial charge in [0.05, 0.1) is 5.41 Å². The molecule has 0 spiro atoms. The molecule has 114 valence electrons. The zero-order chi connectivity index (χ0) is 14.7. The molecule has 0 atom stereocenters. The average Bonchev–Trinajstić information content (AvgIpc) is 3.38. The van der Waals surface area contributed by atoms with Gasteiger partial charge in [0.25, 0.3) is 0 Å². The summed E-state index contributed by atoms with van der Waals surface area (Å²) >= 11 is 0. The molecular formula is C18H26N2O. The maximum Gasteiger partial charge on any atom is 0.233 e. The maximum absolute atomic E-state index is 13.4. The smallest absolute Gasteiger partial charge is 0.233 e. The lowest BCUT2D eigenvalue weighted by Crippen LogP contribution is -2.53. The second-order valence-corrected chi connectivity index (χ2v) is 6.43. The van der Waals surface area contributed by atoms with E-state index in [1.165, 1.54) is 18.4 Å². The summed E-state index contributed by atoms with van der Waals surface area (Å²) in [4.78, 5) is 15.6. The van der Waals surface area contributed by atoms with Crippen molar-refractivity contribution in [2.45, 2.75) is 50.5 Å². The lowest BCUT2D eigenvalue weighted by atomic mass is 9.72. The third-order valence-electron chi connectivity index (χ3n) is 4.91. The van der Waals surface area contributed by atoms with Crippen LogP contribution in [0.4, 0.5) is 0 Å². The number of piperidine rings is 1. The van der Waals surface area contributed by atoms with Crippen molar-refractivity contribution in [3.8, 4) is 0 Å². The minimum Gasteiger partial charge on any atom is -0.339 e. The van der Waals surface area contributed by atoms with Crippen molar-refractivity contribution < 1.29 is 4.79 Å². The molecule has 1 aliphatic heterocycles. The number of rotatable bonds is 5. The first kappa shape index (κ1) is 14.6. The minimum atomic E-state index is -0.301. The molecule has 21 heavy (non-hydrogen) atoms. The lowest BCUT2D eigenvalue weighted by Gasteiger charge is -2.40. The summed E-state index contributed by atoms with van der Waals surface area (Å²) in [7, 11) is 0. The topological polar surface area (TPSA) is 32.3 Å². The van der Waals surface area contributed by atoms with Crippen molar-refractivity contribution in [3.63, 3.8) is 0 Å². The molecule has 1 heterocycles. The van der Waals surface area contributed by atoms with E-state index in [0.717, 1.165) is 38.9 Å². The predicted molar refractivity (Wildman–Crippen MR) is 85.2 cm³/mol. The third-order valence-corrected chi connectivity index (χ3v) is 4.91. The summed E-state index contributed by atoms with van der Waals surface area (Å²) in [5.74, 6) is 0.375. The van der Waals surface area contributed by atoms with Crippen LogP contribution in [-0.4, -0.2) is 36.5 Å². The second kappa shape index (κ2) is 6.18. The average molecular weight is 286 g/mol. The van der Waals surface area contributed by atoms with E-state index >= 15 is 0 Å². The number of nitrogens with zero attached hydrogens (tertiary/aromatic N) is 1. The van der Waals surface area contributed by atoms with Gasteiger partial charge in [-0.15, -0.1) is 0 Å². The molecule has 1 amide bonds. The fraction of sp³-hybridized carbons (Fsp3) is 0.611. The van der Waals surface area contributed by atoms with E-state index in [-0.39, 0.29) is 5.41 Å². The van der Waals surface area contributed by atoms with E-state index < -0.39 is 0 Å². The Hall–Kier alpha value is -1.35. The van der Waals surface area contributed by atoms with Gasteiger partial charge in [-0.25, -0.2) is 0 Å². The van der Waals surface area contributed by atoms with Crippen molar-refractivity contribution in [1.29, 1.82) is 0 Å². The van der Waals surface area contributed by atoms with Crippen molar-refractivity contribution in [3.05, 3.63) is 35.9 Å². The molecule has 2 fully saturated rings. The number of carbonyl (C=O) groups is 1. The first-order valence-corrected chi connectivity index (χ1v) is 8.35. The summed E-state index contributed by atoms with van der Waals surface area (Å²) in [5, 5.41) is 3.41. The fourth-order valence-corrected chi connectivity index (χ4v) is 3.59. The molecule has 1 saturated heterocycles. The van der Waals surface area contributed by atoms with E-state index in [1.807, 2.05) is 6.07 Å². The first-order valence-electron chi connectivity index (χ1n) is 8.35. The Bertz CT molecular complexity index is 475. The zero-order valence-corrected chi connectivity index (χ0v) is 13.0. The molecule has 0 radical (unpaired) electrons. The molecule has 1 saturated carbocycles. The predicted octanol–water partition coefficient (Wildman–Crippen LogP) is 2.71. The Balaban J connectivity index is 1.93. The Morgan fingerprint density at radius 3 is 2.48 bits per heavy atom. The van der Waals surface area contributed by atoms with Gasteiger partial charge < -0.3 is 10.2 Å². The Morgan fingerprint density at radius 2 is 1.90 bits per heavy atom. The monoisotopic (exact) mass is 286 g/mol. The van der Waals surface area contributed by atoms with Crippen LogP contribution in [0.3, 0.4) is 0 Å². The van der Waals surface area contributed by atoms with E-state index in [2.05, 4.69) is 41.4 Å². The number of nitrogens with one attached hydrogen (secondary N) is 1. The van der Waals surface area contributed by atoms with Gasteiger partial charge in [-0.3, -0.25) is 4.79 Å². The van der Waals surface area contributed by atoms with Gasteiger partial charge in [0.15, 0.2) is 0 Å². The summed E-state index contributed by atoms with van der Waals surface area (Å²) in [6.45, 7) is 4.95. The van der Waals surface area contributed by atoms with Gasteiger partial charge in [0.1, 0.15) is 0 Å². The summed E-state index contributed by atoms with van der Waals surface area (Å²) < 4.78 is 0. The van der Waals surface area contributed by atoms with Crippen LogP contribution in [0.1, 0.15) is 44.6 Å². The van der Waals surface area contributed by atoms with Crippen LogP contribution in [0.15, 0.2) is 30.3 Å². The van der Waals surface area contributed by atoms with Crippen molar-refractivity contribution in [2.75, 3.05) is 19.6 Å². The highest BCUT2D eigenvalue weighted by Crippen LogP contribution is 2.39. The van der Waals surface area contributed by atoms with Crippen molar-refractivity contribution in [1.82, 2.24) is 10.2 Å². The van der Waals surface area contributed by atoms with Crippen LogP contribution in [0, 0.1) is 0 Å². The fourth-order valence-electron chi connectivity index (χ4n) is 3.59. The third kappa shape index (κ3) is 2.84. The van der Waals surface area contributed by atoms with Gasteiger partial charge in [-0.1, -0.05) is 37.3 Å². The van der Waals surface area contributed by atoms with E-state index in [4.69, 9.17) is 0 Å². The number of hydrogen-bond donors (Lipinski definition) is 1. The van der Waals surface area contributed by atoms with E-state index in [9.17, 15) is 4.79 Å². The second-order valence-electron chi connectivity index (χ2n) is 6.43. The van der Waals surface area contributed by atoms with Gasteiger partial charge in [0.2, 0.25) is 5.91 Å². The highest BCUT2D eigenvalue weighted by molar-refractivity contribution is 5.89. The van der Waals surface area contributed by atoms with Gasteiger partial charge in [0, 0.05) is 12.6 Å². The standard InChI is InChI=1S/C18H26N2O/c1-2-14-20(16-8-9-16)17(21)18(10-12-19-13-11-18)15-6-4-3-5-7-15/h3-7,16,19H,2,8-14H2,1H3. The molecule has 3 heteroatoms. The van der Waals surface area contributed by atoms with Crippen LogP contribution in [-0.2, 0) is 10.2 Å². The number of hydrogen-bond acceptors (Lipinski definition) is 2. The molecule has 1 N–H and O–H groups in total. The molecule has 0 bridgehead atoms. The molecule has 2 aliphatic rings. The van der Waals surface area contributed by atoms with Crippen LogP contribution >= 0.6 is 0 Å². The molecule has 3 nitrogen and oxygen atoms in total. The Morgan fingerprint density at radius 1 is 1.24 bits per heavy atom. The Labute approximate surface area is 127 Å². The Kier molecular flexibility index (Phi) is 4.29. The zero-order valence-electron chi connectivity index (χ0n) is 13.0. The molecular weight excluding hydrogens is 260 g/mol. The largest absolute Gasteiger partial charge is 0.339 e. The van der Waals surface area contributed by atoms with E-state index in [1.54, 1.807) is 0 Å². The highest BCUT2D eigenvalue weighted by Gasteiger charge is 2.46. The molecule has 0 aromatic heterocycles. The number of carbonyl (C=O) groups excluding carboxylic acids is 1. The van der Waals surface area contributed by atoms with Crippen molar-refractivity contribution in [2.24, 2.45) is 0 Å². The van der Waals surface area contributed by atoms with Gasteiger partial charge in [-0.2, -0.15) is 0 Å². The summed E-state index contributed by atoms with van der Waals surface area (Å²) in [6.07, 6.45) is 5.26. The van der Waals surface area contributed by atoms with Crippen LogP contribution in [0.25, 0.3) is 0 Å². The molecule has 3 rings (SSSR count). The van der Waals surface area contributed by atoms with Crippen LogP contribution < -0.4 is 5.32 Å². The summed E-state index contributed by atoms with van der Waals surface area (Å²) in [5.41, 5.74) is 0.905. The SMILES string of the molecule is CCCN(C(=O)C1(c2ccccc2)CCNCC1)C1CC1. The summed E-state index contributed by atoms with van der Waals surface area (Å²) in [6, 6.07) is 10.9. The quantitative estimate of drug-likeness (QED) is 0.902. The van der Waals surface area contributed by atoms with Crippen molar-refractivity contribution >= 4 is 5.91 Å². The first-order chi connectivity index (χ1) is 10.3. The number of benzene rings is 1.